The number of hydrogen-bond acceptors (Lipinski definition) is 6. The predicted molar refractivity (Wildman–Crippen MR) is 60.3 cm³/mol. The number of imidazole rings is 1. The summed E-state index contributed by atoms with van der Waals surface area (Å²) in [5.41, 5.74) is 4.91. The van der Waals surface area contributed by atoms with Gasteiger partial charge in [-0.25, -0.2) is 19.3 Å². The van der Waals surface area contributed by atoms with Gasteiger partial charge in [0.25, 0.3) is 0 Å². The zero-order valence-corrected chi connectivity index (χ0v) is 9.45. The summed E-state index contributed by atoms with van der Waals surface area (Å²) in [6.07, 6.45) is 2.32. The van der Waals surface area contributed by atoms with Crippen LogP contribution in [0.25, 0.3) is 11.2 Å². The zero-order chi connectivity index (χ0) is 12.8. The topological polar surface area (TPSA) is 99.1 Å². The van der Waals surface area contributed by atoms with Gasteiger partial charge in [0, 0.05) is 6.42 Å². The average Bonchev–Trinajstić information content (AvgIpc) is 2.94. The van der Waals surface area contributed by atoms with Crippen LogP contribution in [0.4, 0.5) is 10.2 Å². The lowest BCUT2D eigenvalue weighted by molar-refractivity contribution is 0.0302. The van der Waals surface area contributed by atoms with Gasteiger partial charge in [-0.3, -0.25) is 4.57 Å². The Kier molecular flexibility index (Phi) is 2.42. The zero-order valence-electron chi connectivity index (χ0n) is 9.45. The Bertz CT molecular complexity index is 589. The van der Waals surface area contributed by atoms with Crippen LogP contribution in [0.2, 0.25) is 0 Å². The van der Waals surface area contributed by atoms with Crippen molar-refractivity contribution in [3.8, 4) is 0 Å². The Morgan fingerprint density at radius 3 is 3.11 bits per heavy atom. The predicted octanol–water partition coefficient (Wildman–Crippen LogP) is 0.0280. The average molecular weight is 253 g/mol. The van der Waals surface area contributed by atoms with E-state index >= 15 is 0 Å². The number of anilines is 1. The molecule has 96 valence electrons. The Balaban J connectivity index is 1.99. The Labute approximate surface area is 101 Å². The van der Waals surface area contributed by atoms with Gasteiger partial charge in [0.1, 0.15) is 18.1 Å². The fourth-order valence-corrected chi connectivity index (χ4v) is 2.05. The van der Waals surface area contributed by atoms with Gasteiger partial charge in [0.15, 0.2) is 17.1 Å². The van der Waals surface area contributed by atoms with Crippen LogP contribution in [0.15, 0.2) is 12.7 Å². The number of hydrogen-bond donors (Lipinski definition) is 2. The molecule has 0 spiro atoms. The van der Waals surface area contributed by atoms with Gasteiger partial charge < -0.3 is 15.6 Å². The lowest BCUT2D eigenvalue weighted by Gasteiger charge is -2.14. The van der Waals surface area contributed by atoms with Crippen LogP contribution < -0.4 is 5.73 Å². The van der Waals surface area contributed by atoms with E-state index in [2.05, 4.69) is 15.0 Å². The number of aliphatic hydroxyl groups excluding tert-OH is 1. The molecule has 1 aliphatic rings. The van der Waals surface area contributed by atoms with Gasteiger partial charge in [-0.1, -0.05) is 0 Å². The van der Waals surface area contributed by atoms with Crippen molar-refractivity contribution in [2.45, 2.75) is 18.3 Å². The first-order valence-corrected chi connectivity index (χ1v) is 5.47. The smallest absolute Gasteiger partial charge is 0.167 e. The van der Waals surface area contributed by atoms with Crippen molar-refractivity contribution >= 4 is 17.0 Å². The normalized spacial score (nSPS) is 28.0. The van der Waals surface area contributed by atoms with Gasteiger partial charge in [0.05, 0.1) is 19.5 Å². The number of aliphatic hydroxyl groups is 1. The van der Waals surface area contributed by atoms with Gasteiger partial charge in [0.2, 0.25) is 0 Å². The molecular weight excluding hydrogens is 241 g/mol. The number of nitrogen functional groups attached to an aromatic ring is 1. The molecule has 7 nitrogen and oxygen atoms in total. The van der Waals surface area contributed by atoms with Gasteiger partial charge >= 0.3 is 0 Å². The molecule has 3 N–H and O–H groups in total. The van der Waals surface area contributed by atoms with E-state index in [9.17, 15) is 4.39 Å². The fraction of sp³-hybridized carbons (Fsp3) is 0.500. The monoisotopic (exact) mass is 253 g/mol. The van der Waals surface area contributed by atoms with Crippen LogP contribution in [-0.4, -0.2) is 43.5 Å². The molecule has 0 bridgehead atoms. The molecular formula is C10H12FN5O2. The third kappa shape index (κ3) is 1.61. The van der Waals surface area contributed by atoms with Crippen LogP contribution in [0.5, 0.6) is 0 Å². The summed E-state index contributed by atoms with van der Waals surface area (Å²) in [5.74, 6) is 0.269. The van der Waals surface area contributed by atoms with Crippen LogP contribution in [0.3, 0.4) is 0 Å². The summed E-state index contributed by atoms with van der Waals surface area (Å²) in [5, 5.41) is 8.97. The third-order valence-corrected chi connectivity index (χ3v) is 3.06. The molecule has 0 aliphatic carbocycles. The molecule has 1 aliphatic heterocycles. The van der Waals surface area contributed by atoms with Crippen molar-refractivity contribution < 1.29 is 14.2 Å². The van der Waals surface area contributed by atoms with Crippen molar-refractivity contribution in [2.75, 3.05) is 18.9 Å². The summed E-state index contributed by atoms with van der Waals surface area (Å²) < 4.78 is 20.8. The molecule has 2 atom stereocenters. The number of aromatic nitrogens is 4. The van der Waals surface area contributed by atoms with E-state index in [1.807, 2.05) is 0 Å². The van der Waals surface area contributed by atoms with E-state index in [-0.39, 0.29) is 18.8 Å². The summed E-state index contributed by atoms with van der Waals surface area (Å²) in [7, 11) is 0. The summed E-state index contributed by atoms with van der Waals surface area (Å²) >= 11 is 0. The molecule has 1 saturated heterocycles. The minimum absolute atomic E-state index is 0.0544. The van der Waals surface area contributed by atoms with Crippen LogP contribution in [0, 0.1) is 0 Å². The van der Waals surface area contributed by atoms with Crippen molar-refractivity contribution in [1.29, 1.82) is 0 Å². The van der Waals surface area contributed by atoms with Crippen molar-refractivity contribution in [3.63, 3.8) is 0 Å². The number of nitrogens with two attached hydrogens (primary N) is 1. The van der Waals surface area contributed by atoms with E-state index < -0.39 is 18.5 Å². The summed E-state index contributed by atoms with van der Waals surface area (Å²) in [4.78, 5) is 12.0. The van der Waals surface area contributed by atoms with Gasteiger partial charge in [-0.2, -0.15) is 0 Å². The van der Waals surface area contributed by atoms with Gasteiger partial charge in [-0.15, -0.1) is 0 Å². The van der Waals surface area contributed by atoms with E-state index in [1.54, 1.807) is 4.57 Å². The highest BCUT2D eigenvalue weighted by atomic mass is 19.1. The molecule has 2 aromatic rings. The standard InChI is InChI=1S/C10H12FN5O2/c11-10(2-17)1-6(18-3-10)16-5-15-7-8(12)13-4-14-9(7)16/h4-6,17H,1-3H2,(H2,12,13,14). The highest BCUT2D eigenvalue weighted by molar-refractivity contribution is 5.81. The van der Waals surface area contributed by atoms with Crippen LogP contribution in [-0.2, 0) is 4.74 Å². The maximum absolute atomic E-state index is 13.9. The Morgan fingerprint density at radius 1 is 1.56 bits per heavy atom. The fourth-order valence-electron chi connectivity index (χ4n) is 2.05. The van der Waals surface area contributed by atoms with Crippen molar-refractivity contribution in [1.82, 2.24) is 19.5 Å². The first kappa shape index (κ1) is 11.3. The third-order valence-electron chi connectivity index (χ3n) is 3.06. The van der Waals surface area contributed by atoms with Gasteiger partial charge in [-0.05, 0) is 0 Å². The largest absolute Gasteiger partial charge is 0.393 e. The second kappa shape index (κ2) is 3.85. The van der Waals surface area contributed by atoms with E-state index in [0.717, 1.165) is 0 Å². The molecule has 0 amide bonds. The number of nitrogens with zero attached hydrogens (tertiary/aromatic N) is 4. The van der Waals surface area contributed by atoms with Crippen LogP contribution in [0.1, 0.15) is 12.6 Å². The second-order valence-electron chi connectivity index (χ2n) is 4.36. The van der Waals surface area contributed by atoms with E-state index in [4.69, 9.17) is 15.6 Å². The molecule has 1 fully saturated rings. The molecule has 3 rings (SSSR count). The molecule has 0 aromatic carbocycles. The number of alkyl halides is 1. The number of halogens is 1. The first-order valence-electron chi connectivity index (χ1n) is 5.47. The highest BCUT2D eigenvalue weighted by Gasteiger charge is 2.41. The quantitative estimate of drug-likeness (QED) is 0.783. The molecule has 3 heterocycles. The Hall–Kier alpha value is -1.80. The molecule has 2 unspecified atom stereocenters. The number of rotatable bonds is 2. The lowest BCUT2D eigenvalue weighted by atomic mass is 10.1. The summed E-state index contributed by atoms with van der Waals surface area (Å²) in [6, 6.07) is 0. The summed E-state index contributed by atoms with van der Waals surface area (Å²) in [6.45, 7) is -0.707. The Morgan fingerprint density at radius 2 is 2.39 bits per heavy atom. The molecule has 0 saturated carbocycles. The maximum Gasteiger partial charge on any atom is 0.167 e. The molecule has 18 heavy (non-hydrogen) atoms. The second-order valence-corrected chi connectivity index (χ2v) is 4.36. The highest BCUT2D eigenvalue weighted by Crippen LogP contribution is 2.35. The van der Waals surface area contributed by atoms with E-state index in [0.29, 0.717) is 11.2 Å². The maximum atomic E-state index is 13.9. The lowest BCUT2D eigenvalue weighted by Crippen LogP contribution is -2.27. The molecule has 8 heteroatoms. The molecule has 0 radical (unpaired) electrons. The van der Waals surface area contributed by atoms with Crippen molar-refractivity contribution in [3.05, 3.63) is 12.7 Å². The first-order chi connectivity index (χ1) is 8.63. The SMILES string of the molecule is Nc1ncnc2c1ncn2C1CC(F)(CO)CO1. The van der Waals surface area contributed by atoms with Crippen LogP contribution >= 0.6 is 0 Å². The van der Waals surface area contributed by atoms with Crippen molar-refractivity contribution in [2.24, 2.45) is 0 Å². The molecule has 2 aromatic heterocycles. The minimum atomic E-state index is -1.71. The number of fused-ring (bicyclic) bond motifs is 1. The number of ether oxygens (including phenoxy) is 1. The minimum Gasteiger partial charge on any atom is -0.393 e. The van der Waals surface area contributed by atoms with E-state index in [1.165, 1.54) is 12.7 Å².